The van der Waals surface area contributed by atoms with E-state index in [1.54, 1.807) is 13.4 Å². The van der Waals surface area contributed by atoms with Crippen molar-refractivity contribution < 1.29 is 18.7 Å². The average molecular weight is 429 g/mol. The molecule has 2 aromatic heterocycles. The Morgan fingerprint density at radius 3 is 2.72 bits per heavy atom. The summed E-state index contributed by atoms with van der Waals surface area (Å²) in [7, 11) is 1.65. The summed E-state index contributed by atoms with van der Waals surface area (Å²) in [4.78, 5) is 23.7. The van der Waals surface area contributed by atoms with E-state index in [9.17, 15) is 9.59 Å². The predicted molar refractivity (Wildman–Crippen MR) is 119 cm³/mol. The summed E-state index contributed by atoms with van der Waals surface area (Å²) in [5.41, 5.74) is 4.62. The number of carbonyl (C=O) groups is 2. The Balaban J connectivity index is 1.40. The van der Waals surface area contributed by atoms with Crippen LogP contribution in [0.5, 0.6) is 5.75 Å². The van der Waals surface area contributed by atoms with Gasteiger partial charge in [-0.3, -0.25) is 19.6 Å². The van der Waals surface area contributed by atoms with Crippen LogP contribution in [-0.4, -0.2) is 28.7 Å². The van der Waals surface area contributed by atoms with Crippen molar-refractivity contribution in [2.24, 2.45) is 0 Å². The number of methoxy groups -OCH3 is 1. The molecular weight excluding hydrogens is 406 g/mol. The molecule has 1 N–H and O–H groups in total. The van der Waals surface area contributed by atoms with Crippen molar-refractivity contribution in [3.63, 3.8) is 0 Å². The third-order valence-corrected chi connectivity index (χ3v) is 6.15. The molecule has 2 amide bonds. The van der Waals surface area contributed by atoms with Gasteiger partial charge in [0.1, 0.15) is 11.3 Å². The van der Waals surface area contributed by atoms with Crippen molar-refractivity contribution in [2.75, 3.05) is 7.11 Å². The number of imide groups is 1. The number of piperidine rings is 1. The molecule has 1 fully saturated rings. The molecule has 0 saturated carbocycles. The van der Waals surface area contributed by atoms with Crippen molar-refractivity contribution in [3.05, 3.63) is 72.2 Å². The van der Waals surface area contributed by atoms with E-state index >= 15 is 0 Å². The fraction of sp³-hybridized carbons (Fsp3) is 0.240. The van der Waals surface area contributed by atoms with Gasteiger partial charge in [-0.15, -0.1) is 0 Å². The van der Waals surface area contributed by atoms with E-state index in [0.717, 1.165) is 33.4 Å². The normalized spacial score (nSPS) is 17.4. The molecule has 0 bridgehead atoms. The van der Waals surface area contributed by atoms with Crippen LogP contribution >= 0.6 is 0 Å². The number of fused-ring (bicyclic) bond motifs is 1. The monoisotopic (exact) mass is 429 g/mol. The number of ether oxygens (including phenoxy) is 1. The fourth-order valence-electron chi connectivity index (χ4n) is 4.22. The van der Waals surface area contributed by atoms with E-state index < -0.39 is 0 Å². The van der Waals surface area contributed by atoms with Crippen LogP contribution in [0.15, 0.2) is 65.5 Å². The summed E-state index contributed by atoms with van der Waals surface area (Å²) in [5.74, 6) is -0.0255. The molecule has 5 rings (SSSR count). The zero-order chi connectivity index (χ0) is 22.2. The number of hydrogen-bond donors (Lipinski definition) is 1. The van der Waals surface area contributed by atoms with Crippen LogP contribution in [-0.2, 0) is 9.59 Å². The van der Waals surface area contributed by atoms with E-state index in [4.69, 9.17) is 9.15 Å². The van der Waals surface area contributed by atoms with Gasteiger partial charge in [-0.2, -0.15) is 5.10 Å². The molecule has 7 nitrogen and oxygen atoms in total. The first-order chi connectivity index (χ1) is 15.5. The number of carbonyl (C=O) groups excluding carboxylic acids is 2. The second-order valence-corrected chi connectivity index (χ2v) is 8.06. The lowest BCUT2D eigenvalue weighted by atomic mass is 9.90. The van der Waals surface area contributed by atoms with Crippen LogP contribution in [0, 0.1) is 0 Å². The fourth-order valence-corrected chi connectivity index (χ4v) is 4.22. The maximum Gasteiger partial charge on any atom is 0.234 e. The zero-order valence-electron chi connectivity index (χ0n) is 17.9. The van der Waals surface area contributed by atoms with Crippen molar-refractivity contribution in [2.45, 2.75) is 31.7 Å². The summed E-state index contributed by atoms with van der Waals surface area (Å²) in [5, 5.41) is 7.86. The number of amides is 2. The number of benzene rings is 2. The predicted octanol–water partition coefficient (Wildman–Crippen LogP) is 4.43. The Bertz CT molecular complexity index is 1300. The minimum atomic E-state index is -0.368. The SMILES string of the molecule is COc1ccc(C(C)n2cc(-c3ccc4c(C5CCC(=O)NC5=O)coc4c3)cn2)cc1. The standard InChI is InChI=1S/C25H23N3O4/c1-15(16-3-6-19(31-2)7-4-16)28-13-18(12-26-28)17-5-8-20-22(14-32-23(20)11-17)21-9-10-24(29)27-25(21)30/h3-8,11-15,21H,9-10H2,1-2H3,(H,27,29,30). The number of aromatic nitrogens is 2. The van der Waals surface area contributed by atoms with Crippen LogP contribution in [0.2, 0.25) is 0 Å². The minimum Gasteiger partial charge on any atom is -0.497 e. The molecule has 2 aromatic carbocycles. The molecule has 0 aliphatic carbocycles. The lowest BCUT2D eigenvalue weighted by Crippen LogP contribution is -2.39. The molecule has 7 heteroatoms. The lowest BCUT2D eigenvalue weighted by Gasteiger charge is -2.19. The smallest absolute Gasteiger partial charge is 0.234 e. The second kappa shape index (κ2) is 8.00. The molecule has 1 aliphatic heterocycles. The van der Waals surface area contributed by atoms with E-state index in [1.165, 1.54) is 0 Å². The van der Waals surface area contributed by atoms with E-state index in [-0.39, 0.29) is 23.8 Å². The molecule has 162 valence electrons. The first-order valence-electron chi connectivity index (χ1n) is 10.6. The Labute approximate surface area is 185 Å². The van der Waals surface area contributed by atoms with Gasteiger partial charge in [0.2, 0.25) is 11.8 Å². The maximum atomic E-state index is 12.3. The Kier molecular flexibility index (Phi) is 5.01. The molecule has 3 heterocycles. The van der Waals surface area contributed by atoms with Crippen LogP contribution in [0.4, 0.5) is 0 Å². The maximum absolute atomic E-state index is 12.3. The molecule has 2 atom stereocenters. The van der Waals surface area contributed by atoms with Crippen LogP contribution in [0.1, 0.15) is 42.9 Å². The van der Waals surface area contributed by atoms with Crippen molar-refractivity contribution in [1.29, 1.82) is 0 Å². The first kappa shape index (κ1) is 20.1. The van der Waals surface area contributed by atoms with Gasteiger partial charge in [0, 0.05) is 29.1 Å². The largest absolute Gasteiger partial charge is 0.497 e. The summed E-state index contributed by atoms with van der Waals surface area (Å²) in [6.07, 6.45) is 6.32. The van der Waals surface area contributed by atoms with Gasteiger partial charge in [0.05, 0.1) is 31.5 Å². The highest BCUT2D eigenvalue weighted by atomic mass is 16.5. The van der Waals surface area contributed by atoms with E-state index in [0.29, 0.717) is 18.4 Å². The van der Waals surface area contributed by atoms with Crippen LogP contribution < -0.4 is 10.1 Å². The molecule has 1 saturated heterocycles. The molecule has 32 heavy (non-hydrogen) atoms. The topological polar surface area (TPSA) is 86.4 Å². The van der Waals surface area contributed by atoms with Gasteiger partial charge in [-0.25, -0.2) is 0 Å². The van der Waals surface area contributed by atoms with Gasteiger partial charge in [0.15, 0.2) is 0 Å². The molecule has 0 radical (unpaired) electrons. The summed E-state index contributed by atoms with van der Waals surface area (Å²) < 4.78 is 12.9. The quantitative estimate of drug-likeness (QED) is 0.474. The van der Waals surface area contributed by atoms with E-state index in [1.807, 2.05) is 59.5 Å². The van der Waals surface area contributed by atoms with Crippen molar-refractivity contribution in [3.8, 4) is 16.9 Å². The second-order valence-electron chi connectivity index (χ2n) is 8.06. The molecule has 4 aromatic rings. The van der Waals surface area contributed by atoms with Gasteiger partial charge in [-0.1, -0.05) is 24.3 Å². The van der Waals surface area contributed by atoms with Crippen LogP contribution in [0.3, 0.4) is 0 Å². The number of furan rings is 1. The Morgan fingerprint density at radius 1 is 1.16 bits per heavy atom. The molecule has 1 aliphatic rings. The van der Waals surface area contributed by atoms with Crippen molar-refractivity contribution in [1.82, 2.24) is 15.1 Å². The van der Waals surface area contributed by atoms with Gasteiger partial charge in [-0.05, 0) is 42.7 Å². The lowest BCUT2D eigenvalue weighted by molar-refractivity contribution is -0.134. The van der Waals surface area contributed by atoms with Gasteiger partial charge < -0.3 is 9.15 Å². The molecule has 0 spiro atoms. The highest BCUT2D eigenvalue weighted by Gasteiger charge is 2.30. The molecule has 2 unspecified atom stereocenters. The molecular formula is C25H23N3O4. The van der Waals surface area contributed by atoms with Gasteiger partial charge in [0.25, 0.3) is 0 Å². The third kappa shape index (κ3) is 3.56. The van der Waals surface area contributed by atoms with E-state index in [2.05, 4.69) is 17.3 Å². The first-order valence-corrected chi connectivity index (χ1v) is 10.6. The number of nitrogens with zero attached hydrogens (tertiary/aromatic N) is 2. The van der Waals surface area contributed by atoms with Gasteiger partial charge >= 0.3 is 0 Å². The summed E-state index contributed by atoms with van der Waals surface area (Å²) in [6.45, 7) is 2.10. The van der Waals surface area contributed by atoms with Crippen molar-refractivity contribution >= 4 is 22.8 Å². The summed E-state index contributed by atoms with van der Waals surface area (Å²) >= 11 is 0. The zero-order valence-corrected chi connectivity index (χ0v) is 17.9. The highest BCUT2D eigenvalue weighted by Crippen LogP contribution is 2.35. The number of rotatable bonds is 5. The minimum absolute atomic E-state index is 0.0705. The summed E-state index contributed by atoms with van der Waals surface area (Å²) in [6, 6.07) is 14.0. The van der Waals surface area contributed by atoms with Crippen LogP contribution in [0.25, 0.3) is 22.1 Å². The number of nitrogens with one attached hydrogen (secondary N) is 1. The Hall–Kier alpha value is -3.87. The average Bonchev–Trinajstić information content (AvgIpc) is 3.46. The third-order valence-electron chi connectivity index (χ3n) is 6.15. The highest BCUT2D eigenvalue weighted by molar-refractivity contribution is 6.02. The Morgan fingerprint density at radius 2 is 1.97 bits per heavy atom. The number of hydrogen-bond acceptors (Lipinski definition) is 5.